The van der Waals surface area contributed by atoms with E-state index in [2.05, 4.69) is 48.6 Å². The molecule has 2 aromatic carbocycles. The molecule has 0 aromatic heterocycles. The van der Waals surface area contributed by atoms with Gasteiger partial charge in [-0.1, -0.05) is 42.0 Å². The van der Waals surface area contributed by atoms with Crippen molar-refractivity contribution in [3.63, 3.8) is 0 Å². The van der Waals surface area contributed by atoms with Crippen LogP contribution in [0.25, 0.3) is 0 Å². The number of aliphatic hydroxyl groups is 1. The first-order chi connectivity index (χ1) is 8.95. The molecule has 0 amide bonds. The molecule has 0 unspecified atom stereocenters. The average molecular weight is 255 g/mol. The van der Waals surface area contributed by atoms with Crippen molar-refractivity contribution in [2.24, 2.45) is 0 Å². The summed E-state index contributed by atoms with van der Waals surface area (Å²) in [4.78, 5) is 0. The van der Waals surface area contributed by atoms with Crippen LogP contribution >= 0.6 is 0 Å². The molecule has 100 valence electrons. The van der Waals surface area contributed by atoms with Gasteiger partial charge in [-0.3, -0.25) is 0 Å². The minimum Gasteiger partial charge on any atom is -0.386 e. The van der Waals surface area contributed by atoms with E-state index in [1.165, 1.54) is 11.1 Å². The minimum atomic E-state index is -0.775. The minimum absolute atomic E-state index is 0.775. The summed E-state index contributed by atoms with van der Waals surface area (Å²) < 4.78 is 0. The Hall–Kier alpha value is -1.80. The highest BCUT2D eigenvalue weighted by Gasteiger charge is 2.14. The Morgan fingerprint density at radius 3 is 2.05 bits per heavy atom. The fourth-order valence-corrected chi connectivity index (χ4v) is 1.91. The Morgan fingerprint density at radius 2 is 1.53 bits per heavy atom. The van der Waals surface area contributed by atoms with E-state index in [-0.39, 0.29) is 0 Å². The van der Waals surface area contributed by atoms with E-state index >= 15 is 0 Å². The zero-order chi connectivity index (χ0) is 13.9. The van der Waals surface area contributed by atoms with Crippen molar-refractivity contribution >= 4 is 5.69 Å². The van der Waals surface area contributed by atoms with Gasteiger partial charge in [-0.05, 0) is 44.0 Å². The largest absolute Gasteiger partial charge is 0.386 e. The van der Waals surface area contributed by atoms with Crippen molar-refractivity contribution in [3.8, 4) is 0 Å². The summed E-state index contributed by atoms with van der Waals surface area (Å²) in [7, 11) is 0. The predicted octanol–water partition coefficient (Wildman–Crippen LogP) is 3.83. The maximum absolute atomic E-state index is 9.90. The maximum atomic E-state index is 9.90. The molecule has 2 rings (SSSR count). The van der Waals surface area contributed by atoms with Crippen molar-refractivity contribution < 1.29 is 5.11 Å². The standard InChI is InChI=1S/C17H21NO/c1-13-4-10-16(11-5-13)18-12-14-6-8-15(9-7-14)17(2,3)19/h4-11,18-19H,12H2,1-3H3. The third-order valence-electron chi connectivity index (χ3n) is 3.21. The first kappa shape index (κ1) is 13.6. The Balaban J connectivity index is 1.98. The molecule has 0 fully saturated rings. The highest BCUT2D eigenvalue weighted by atomic mass is 16.3. The summed E-state index contributed by atoms with van der Waals surface area (Å²) in [6, 6.07) is 16.4. The first-order valence-electron chi connectivity index (χ1n) is 6.57. The molecule has 2 N–H and O–H groups in total. The molecule has 0 saturated heterocycles. The van der Waals surface area contributed by atoms with Crippen molar-refractivity contribution in [3.05, 3.63) is 65.2 Å². The summed E-state index contributed by atoms with van der Waals surface area (Å²) in [6.07, 6.45) is 0. The van der Waals surface area contributed by atoms with Gasteiger partial charge in [0.25, 0.3) is 0 Å². The lowest BCUT2D eigenvalue weighted by Crippen LogP contribution is -2.15. The summed E-state index contributed by atoms with van der Waals surface area (Å²) in [5.74, 6) is 0. The number of anilines is 1. The van der Waals surface area contributed by atoms with Crippen molar-refractivity contribution in [2.75, 3.05) is 5.32 Å². The van der Waals surface area contributed by atoms with Gasteiger partial charge in [-0.25, -0.2) is 0 Å². The Morgan fingerprint density at radius 1 is 0.947 bits per heavy atom. The number of rotatable bonds is 4. The number of nitrogens with one attached hydrogen (secondary N) is 1. The molecule has 0 saturated carbocycles. The molecule has 0 radical (unpaired) electrons. The van der Waals surface area contributed by atoms with Gasteiger partial charge in [0, 0.05) is 12.2 Å². The van der Waals surface area contributed by atoms with Crippen molar-refractivity contribution in [1.29, 1.82) is 0 Å². The summed E-state index contributed by atoms with van der Waals surface area (Å²) in [5.41, 5.74) is 3.75. The van der Waals surface area contributed by atoms with Crippen LogP contribution in [0.4, 0.5) is 5.69 Å². The van der Waals surface area contributed by atoms with Crippen LogP contribution in [0.15, 0.2) is 48.5 Å². The molecule has 0 aliphatic carbocycles. The molecule has 0 bridgehead atoms. The van der Waals surface area contributed by atoms with Crippen LogP contribution in [0, 0.1) is 6.92 Å². The average Bonchev–Trinajstić information content (AvgIpc) is 2.37. The van der Waals surface area contributed by atoms with Crippen LogP contribution < -0.4 is 5.32 Å². The van der Waals surface area contributed by atoms with Crippen LogP contribution in [0.2, 0.25) is 0 Å². The van der Waals surface area contributed by atoms with E-state index < -0.39 is 5.60 Å². The Labute approximate surface area is 115 Å². The third kappa shape index (κ3) is 3.83. The van der Waals surface area contributed by atoms with Gasteiger partial charge < -0.3 is 10.4 Å². The fraction of sp³-hybridized carbons (Fsp3) is 0.294. The van der Waals surface area contributed by atoms with Crippen molar-refractivity contribution in [2.45, 2.75) is 32.9 Å². The smallest absolute Gasteiger partial charge is 0.0840 e. The second-order valence-electron chi connectivity index (χ2n) is 5.48. The van der Waals surface area contributed by atoms with Crippen LogP contribution in [0.3, 0.4) is 0 Å². The maximum Gasteiger partial charge on any atom is 0.0840 e. The number of hydrogen-bond donors (Lipinski definition) is 2. The van der Waals surface area contributed by atoms with Gasteiger partial charge in [0.15, 0.2) is 0 Å². The molecule has 19 heavy (non-hydrogen) atoms. The molecular weight excluding hydrogens is 234 g/mol. The highest BCUT2D eigenvalue weighted by molar-refractivity contribution is 5.45. The topological polar surface area (TPSA) is 32.3 Å². The highest BCUT2D eigenvalue weighted by Crippen LogP contribution is 2.20. The summed E-state index contributed by atoms with van der Waals surface area (Å²) >= 11 is 0. The lowest BCUT2D eigenvalue weighted by atomic mass is 9.97. The Kier molecular flexibility index (Phi) is 3.91. The summed E-state index contributed by atoms with van der Waals surface area (Å²) in [5, 5.41) is 13.3. The van der Waals surface area contributed by atoms with Crippen LogP contribution in [-0.4, -0.2) is 5.11 Å². The van der Waals surface area contributed by atoms with E-state index in [0.29, 0.717) is 0 Å². The second kappa shape index (κ2) is 5.45. The molecule has 2 aromatic rings. The molecule has 2 heteroatoms. The lowest BCUT2D eigenvalue weighted by molar-refractivity contribution is 0.0786. The van der Waals surface area contributed by atoms with Crippen LogP contribution in [0.1, 0.15) is 30.5 Å². The number of benzene rings is 2. The van der Waals surface area contributed by atoms with Gasteiger partial charge in [-0.2, -0.15) is 0 Å². The zero-order valence-corrected chi connectivity index (χ0v) is 11.8. The molecule has 2 nitrogen and oxygen atoms in total. The van der Waals surface area contributed by atoms with Crippen LogP contribution in [-0.2, 0) is 12.1 Å². The van der Waals surface area contributed by atoms with E-state index in [1.54, 1.807) is 13.8 Å². The molecule has 0 heterocycles. The monoisotopic (exact) mass is 255 g/mol. The number of hydrogen-bond acceptors (Lipinski definition) is 2. The van der Waals surface area contributed by atoms with E-state index in [4.69, 9.17) is 0 Å². The quantitative estimate of drug-likeness (QED) is 0.870. The second-order valence-corrected chi connectivity index (χ2v) is 5.48. The fourth-order valence-electron chi connectivity index (χ4n) is 1.91. The number of aryl methyl sites for hydroxylation is 1. The lowest BCUT2D eigenvalue weighted by Gasteiger charge is -2.18. The predicted molar refractivity (Wildman–Crippen MR) is 80.2 cm³/mol. The molecular formula is C17H21NO. The van der Waals surface area contributed by atoms with Crippen molar-refractivity contribution in [1.82, 2.24) is 0 Å². The van der Waals surface area contributed by atoms with Gasteiger partial charge in [0.1, 0.15) is 0 Å². The Bertz CT molecular complexity index is 521. The third-order valence-corrected chi connectivity index (χ3v) is 3.21. The molecule has 0 aliphatic heterocycles. The van der Waals surface area contributed by atoms with Gasteiger partial charge in [0.2, 0.25) is 0 Å². The normalized spacial score (nSPS) is 11.4. The van der Waals surface area contributed by atoms with Crippen LogP contribution in [0.5, 0.6) is 0 Å². The molecule has 0 atom stereocenters. The van der Waals surface area contributed by atoms with Gasteiger partial charge >= 0.3 is 0 Å². The van der Waals surface area contributed by atoms with E-state index in [0.717, 1.165) is 17.8 Å². The zero-order valence-electron chi connectivity index (χ0n) is 11.8. The van der Waals surface area contributed by atoms with Gasteiger partial charge in [-0.15, -0.1) is 0 Å². The first-order valence-corrected chi connectivity index (χ1v) is 6.57. The molecule has 0 spiro atoms. The SMILES string of the molecule is Cc1ccc(NCc2ccc(C(C)(C)O)cc2)cc1. The van der Waals surface area contributed by atoms with Gasteiger partial charge in [0.05, 0.1) is 5.60 Å². The summed E-state index contributed by atoms with van der Waals surface area (Å²) in [6.45, 7) is 6.47. The van der Waals surface area contributed by atoms with E-state index in [1.807, 2.05) is 12.1 Å². The molecule has 0 aliphatic rings. The van der Waals surface area contributed by atoms with E-state index in [9.17, 15) is 5.11 Å².